The minimum Gasteiger partial charge on any atom is -0.481 e. The van der Waals surface area contributed by atoms with E-state index in [0.717, 1.165) is 42.9 Å². The molecule has 1 atom stereocenters. The number of fused-ring (bicyclic) bond motifs is 1. The highest BCUT2D eigenvalue weighted by Gasteiger charge is 2.25. The third-order valence-corrected chi connectivity index (χ3v) is 5.99. The molecular weight excluding hydrogens is 422 g/mol. The molecular formula is C24H33N5O4. The lowest BCUT2D eigenvalue weighted by atomic mass is 10.0. The first-order valence-electron chi connectivity index (χ1n) is 11.3. The molecule has 0 bridgehead atoms. The number of nitrogens with zero attached hydrogens (tertiary/aromatic N) is 3. The van der Waals surface area contributed by atoms with Crippen molar-refractivity contribution in [2.75, 3.05) is 38.9 Å². The van der Waals surface area contributed by atoms with Crippen LogP contribution in [0, 0.1) is 0 Å². The second-order valence-corrected chi connectivity index (χ2v) is 8.20. The van der Waals surface area contributed by atoms with Crippen molar-refractivity contribution < 1.29 is 19.1 Å². The third-order valence-electron chi connectivity index (χ3n) is 5.99. The van der Waals surface area contributed by atoms with Gasteiger partial charge >= 0.3 is 5.97 Å². The Balaban J connectivity index is 1.57. The van der Waals surface area contributed by atoms with Crippen molar-refractivity contribution in [3.8, 4) is 5.88 Å². The Bertz CT molecular complexity index is 964. The average molecular weight is 456 g/mol. The molecule has 178 valence electrons. The maximum absolute atomic E-state index is 12.9. The number of pyridine rings is 2. The summed E-state index contributed by atoms with van der Waals surface area (Å²) in [7, 11) is 4.58. The number of methoxy groups -OCH3 is 2. The molecule has 0 aliphatic carbocycles. The van der Waals surface area contributed by atoms with Gasteiger partial charge in [-0.3, -0.25) is 9.59 Å². The van der Waals surface area contributed by atoms with Crippen molar-refractivity contribution in [2.24, 2.45) is 0 Å². The Kier molecular flexibility index (Phi) is 8.46. The lowest BCUT2D eigenvalue weighted by Gasteiger charge is -2.28. The zero-order valence-corrected chi connectivity index (χ0v) is 19.6. The molecule has 0 saturated carbocycles. The standard InChI is InChI=1S/C24H33N5O4/c1-29(20(14-23(31)33-3)17-10-11-21(32-2)27-15-17)22(30)9-5-4-8-19-18(25)13-16-7-6-12-26-24(16)28-19/h10-11,13,15,20H,4-9,12,14,25H2,1-3H3,(H,26,28)/t20-/m0/s1. The number of nitrogen functional groups attached to an aromatic ring is 1. The number of amides is 1. The molecule has 9 heteroatoms. The number of aromatic nitrogens is 2. The fraction of sp³-hybridized carbons (Fsp3) is 0.500. The van der Waals surface area contributed by atoms with Gasteiger partial charge < -0.3 is 25.4 Å². The van der Waals surface area contributed by atoms with Crippen molar-refractivity contribution in [1.29, 1.82) is 0 Å². The van der Waals surface area contributed by atoms with Crippen molar-refractivity contribution >= 4 is 23.4 Å². The second-order valence-electron chi connectivity index (χ2n) is 8.20. The van der Waals surface area contributed by atoms with Crippen LogP contribution in [0.4, 0.5) is 11.5 Å². The van der Waals surface area contributed by atoms with Gasteiger partial charge in [-0.25, -0.2) is 9.97 Å². The van der Waals surface area contributed by atoms with E-state index >= 15 is 0 Å². The molecule has 0 spiro atoms. The number of nitrogens with one attached hydrogen (secondary N) is 1. The number of rotatable bonds is 10. The number of nitrogens with two attached hydrogens (primary N) is 1. The van der Waals surface area contributed by atoms with Crippen LogP contribution in [0.1, 0.15) is 55.0 Å². The van der Waals surface area contributed by atoms with Crippen molar-refractivity contribution in [1.82, 2.24) is 14.9 Å². The average Bonchev–Trinajstić information content (AvgIpc) is 2.84. The molecule has 0 fully saturated rings. The lowest BCUT2D eigenvalue weighted by Crippen LogP contribution is -2.32. The Labute approximate surface area is 194 Å². The van der Waals surface area contributed by atoms with Gasteiger partial charge in [-0.1, -0.05) is 6.07 Å². The number of esters is 1. The van der Waals surface area contributed by atoms with E-state index in [9.17, 15) is 9.59 Å². The fourth-order valence-electron chi connectivity index (χ4n) is 3.99. The van der Waals surface area contributed by atoms with E-state index < -0.39 is 12.0 Å². The van der Waals surface area contributed by atoms with E-state index in [1.807, 2.05) is 12.1 Å². The normalized spacial score (nSPS) is 13.4. The number of hydrogen-bond donors (Lipinski definition) is 2. The quantitative estimate of drug-likeness (QED) is 0.415. The molecule has 3 N–H and O–H groups in total. The summed E-state index contributed by atoms with van der Waals surface area (Å²) in [6.07, 6.45) is 6.32. The molecule has 1 amide bonds. The predicted molar refractivity (Wildman–Crippen MR) is 126 cm³/mol. The monoisotopic (exact) mass is 455 g/mol. The molecule has 0 unspecified atom stereocenters. The number of hydrogen-bond acceptors (Lipinski definition) is 8. The van der Waals surface area contributed by atoms with Gasteiger partial charge in [0.25, 0.3) is 0 Å². The number of carbonyl (C=O) groups excluding carboxylic acids is 2. The van der Waals surface area contributed by atoms with Gasteiger partial charge in [-0.15, -0.1) is 0 Å². The molecule has 3 rings (SSSR count). The Hall–Kier alpha value is -3.36. The van der Waals surface area contributed by atoms with E-state index in [2.05, 4.69) is 15.3 Å². The summed E-state index contributed by atoms with van der Waals surface area (Å²) in [5.41, 5.74) is 9.70. The van der Waals surface area contributed by atoms with Crippen LogP contribution in [-0.2, 0) is 27.2 Å². The summed E-state index contributed by atoms with van der Waals surface area (Å²) in [5.74, 6) is 0.959. The van der Waals surface area contributed by atoms with Gasteiger partial charge in [0.15, 0.2) is 0 Å². The van der Waals surface area contributed by atoms with Gasteiger partial charge in [-0.2, -0.15) is 0 Å². The molecule has 2 aromatic heterocycles. The highest BCUT2D eigenvalue weighted by Crippen LogP contribution is 2.27. The van der Waals surface area contributed by atoms with Gasteiger partial charge in [0, 0.05) is 32.3 Å². The minimum absolute atomic E-state index is 0.0484. The number of carbonyl (C=O) groups is 2. The van der Waals surface area contributed by atoms with Crippen LogP contribution in [0.25, 0.3) is 0 Å². The highest BCUT2D eigenvalue weighted by molar-refractivity contribution is 5.78. The van der Waals surface area contributed by atoms with E-state index in [1.165, 1.54) is 19.8 Å². The van der Waals surface area contributed by atoms with Gasteiger partial charge in [0.1, 0.15) is 5.82 Å². The van der Waals surface area contributed by atoms with Crippen molar-refractivity contribution in [3.63, 3.8) is 0 Å². The molecule has 0 saturated heterocycles. The predicted octanol–water partition coefficient (Wildman–Crippen LogP) is 2.90. The molecule has 1 aliphatic heterocycles. The largest absolute Gasteiger partial charge is 0.481 e. The summed E-state index contributed by atoms with van der Waals surface area (Å²) in [5, 5.41) is 3.33. The topological polar surface area (TPSA) is 120 Å². The van der Waals surface area contributed by atoms with Gasteiger partial charge in [0.05, 0.1) is 38.1 Å². The zero-order valence-electron chi connectivity index (χ0n) is 19.6. The van der Waals surface area contributed by atoms with Crippen LogP contribution in [0.3, 0.4) is 0 Å². The van der Waals surface area contributed by atoms with E-state index in [0.29, 0.717) is 30.8 Å². The first kappa shape index (κ1) is 24.3. The highest BCUT2D eigenvalue weighted by atomic mass is 16.5. The molecule has 33 heavy (non-hydrogen) atoms. The van der Waals surface area contributed by atoms with Gasteiger partial charge in [0.2, 0.25) is 11.8 Å². The smallest absolute Gasteiger partial charge is 0.307 e. The van der Waals surface area contributed by atoms with Crippen LogP contribution in [0.5, 0.6) is 5.88 Å². The number of anilines is 2. The summed E-state index contributed by atoms with van der Waals surface area (Å²) in [6, 6.07) is 5.07. The Morgan fingerprint density at radius 3 is 2.79 bits per heavy atom. The van der Waals surface area contributed by atoms with Crippen molar-refractivity contribution in [3.05, 3.63) is 41.2 Å². The third kappa shape index (κ3) is 6.34. The SMILES string of the molecule is COC(=O)C[C@@H](c1ccc(OC)nc1)N(C)C(=O)CCCCc1nc2c(cc1N)CCCN2. The molecule has 1 aliphatic rings. The van der Waals surface area contributed by atoms with Crippen LogP contribution < -0.4 is 15.8 Å². The van der Waals surface area contributed by atoms with E-state index in [-0.39, 0.29) is 12.3 Å². The van der Waals surface area contributed by atoms with E-state index in [1.54, 1.807) is 24.2 Å². The van der Waals surface area contributed by atoms with Crippen molar-refractivity contribution in [2.45, 2.75) is 51.0 Å². The lowest BCUT2D eigenvalue weighted by molar-refractivity contribution is -0.143. The molecule has 0 radical (unpaired) electrons. The molecule has 9 nitrogen and oxygen atoms in total. The Morgan fingerprint density at radius 2 is 2.09 bits per heavy atom. The summed E-state index contributed by atoms with van der Waals surface area (Å²) < 4.78 is 9.93. The molecule has 3 heterocycles. The fourth-order valence-corrected chi connectivity index (χ4v) is 3.99. The first-order chi connectivity index (χ1) is 15.9. The molecule has 2 aromatic rings. The van der Waals surface area contributed by atoms with Crippen LogP contribution in [0.15, 0.2) is 24.4 Å². The zero-order chi connectivity index (χ0) is 23.8. The van der Waals surface area contributed by atoms with Crippen LogP contribution in [-0.4, -0.2) is 54.6 Å². The summed E-state index contributed by atoms with van der Waals surface area (Å²) in [6.45, 7) is 0.931. The van der Waals surface area contributed by atoms with Crippen LogP contribution in [0.2, 0.25) is 0 Å². The van der Waals surface area contributed by atoms with Crippen LogP contribution >= 0.6 is 0 Å². The first-order valence-corrected chi connectivity index (χ1v) is 11.3. The van der Waals surface area contributed by atoms with Gasteiger partial charge in [-0.05, 0) is 49.3 Å². The number of unbranched alkanes of at least 4 members (excludes halogenated alkanes) is 1. The Morgan fingerprint density at radius 1 is 1.27 bits per heavy atom. The molecule has 0 aromatic carbocycles. The maximum Gasteiger partial charge on any atom is 0.307 e. The number of ether oxygens (including phenoxy) is 2. The minimum atomic E-state index is -0.465. The van der Waals surface area contributed by atoms with E-state index in [4.69, 9.17) is 15.2 Å². The number of aryl methyl sites for hydroxylation is 2. The summed E-state index contributed by atoms with van der Waals surface area (Å²) in [4.78, 5) is 35.4. The summed E-state index contributed by atoms with van der Waals surface area (Å²) >= 11 is 0. The second kappa shape index (κ2) is 11.5. The maximum atomic E-state index is 12.9.